The van der Waals surface area contributed by atoms with Crippen LogP contribution >= 0.6 is 11.3 Å². The Morgan fingerprint density at radius 2 is 1.52 bits per heavy atom. The number of hydrogen-bond acceptors (Lipinski definition) is 7. The smallest absolute Gasteiger partial charge is 0.407 e. The van der Waals surface area contributed by atoms with Crippen LogP contribution in [0.5, 0.6) is 0 Å². The Morgan fingerprint density at radius 1 is 0.891 bits per heavy atom. The van der Waals surface area contributed by atoms with Crippen LogP contribution in [-0.2, 0) is 30.3 Å². The summed E-state index contributed by atoms with van der Waals surface area (Å²) in [5, 5.41) is 5.01. The molecule has 1 amide bonds. The van der Waals surface area contributed by atoms with E-state index in [9.17, 15) is 9.59 Å². The molecule has 0 radical (unpaired) electrons. The Hall–Kier alpha value is -1.71. The minimum atomic E-state index is -0.374. The van der Waals surface area contributed by atoms with Crippen molar-refractivity contribution >= 4 is 23.4 Å². The molecule has 9 heteroatoms. The number of unbranched alkanes of at least 4 members (excludes halogenated alkanes) is 17. The third-order valence-corrected chi connectivity index (χ3v) is 9.50. The zero-order valence-corrected chi connectivity index (χ0v) is 30.2. The Morgan fingerprint density at radius 3 is 2.15 bits per heavy atom. The molecule has 0 aromatic carbocycles. The van der Waals surface area contributed by atoms with Crippen LogP contribution in [0, 0.1) is 0 Å². The zero-order valence-electron chi connectivity index (χ0n) is 29.4. The average Bonchev–Trinajstić information content (AvgIpc) is 3.56. The lowest BCUT2D eigenvalue weighted by atomic mass is 10.0. The van der Waals surface area contributed by atoms with Gasteiger partial charge in [0.2, 0.25) is 5.51 Å². The lowest BCUT2D eigenvalue weighted by Crippen LogP contribution is -2.43. The Kier molecular flexibility index (Phi) is 24.9. The molecule has 46 heavy (non-hydrogen) atoms. The number of nitrogens with one attached hydrogen (secondary N) is 1. The maximum absolute atomic E-state index is 12.5. The molecule has 1 saturated heterocycles. The van der Waals surface area contributed by atoms with Gasteiger partial charge in [-0.25, -0.2) is 4.79 Å². The third kappa shape index (κ3) is 22.0. The predicted octanol–water partition coefficient (Wildman–Crippen LogP) is 9.08. The van der Waals surface area contributed by atoms with Gasteiger partial charge in [0.1, 0.15) is 24.9 Å². The van der Waals surface area contributed by atoms with Crippen LogP contribution < -0.4 is 9.88 Å². The lowest BCUT2D eigenvalue weighted by molar-refractivity contribution is -0.692. The molecule has 8 nitrogen and oxygen atoms in total. The normalized spacial score (nSPS) is 17.1. The highest BCUT2D eigenvalue weighted by Gasteiger charge is 2.30. The number of thiazole rings is 1. The molecule has 1 N–H and O–H groups in total. The quantitative estimate of drug-likeness (QED) is 0.0521. The molecule has 1 unspecified atom stereocenters. The third-order valence-electron chi connectivity index (χ3n) is 8.83. The summed E-state index contributed by atoms with van der Waals surface area (Å²) in [6, 6.07) is 0. The number of rotatable bonds is 29. The number of alkyl carbamates (subject to hydrolysis) is 1. The summed E-state index contributed by atoms with van der Waals surface area (Å²) < 4.78 is 25.3. The van der Waals surface area contributed by atoms with Crippen LogP contribution in [0.3, 0.4) is 0 Å². The second kappa shape index (κ2) is 28.3. The van der Waals surface area contributed by atoms with Crippen LogP contribution in [0.15, 0.2) is 17.1 Å². The molecule has 266 valence electrons. The summed E-state index contributed by atoms with van der Waals surface area (Å²) in [6.45, 7) is 6.67. The Bertz CT molecular complexity index is 855. The van der Waals surface area contributed by atoms with Gasteiger partial charge in [-0.1, -0.05) is 115 Å². The highest BCUT2D eigenvalue weighted by Crippen LogP contribution is 2.19. The Balaban J connectivity index is 1.48. The number of esters is 1. The first-order chi connectivity index (χ1) is 22.6. The highest BCUT2D eigenvalue weighted by atomic mass is 32.1. The SMILES string of the molecule is CCCCCCCCCCCCCCCCCNC(=O)O[C@@H]1CCCO[C@H]1COCC(CCCCCC[n+]1ccsc1)OC(C)=O. The van der Waals surface area contributed by atoms with Gasteiger partial charge in [0.05, 0.1) is 18.6 Å². The molecule has 0 aliphatic carbocycles. The van der Waals surface area contributed by atoms with Crippen molar-refractivity contribution in [3.05, 3.63) is 17.1 Å². The summed E-state index contributed by atoms with van der Waals surface area (Å²) in [7, 11) is 0. The van der Waals surface area contributed by atoms with Gasteiger partial charge in [0.25, 0.3) is 0 Å². The highest BCUT2D eigenvalue weighted by molar-refractivity contribution is 7.07. The summed E-state index contributed by atoms with van der Waals surface area (Å²) in [5.41, 5.74) is 2.13. The van der Waals surface area contributed by atoms with E-state index in [4.69, 9.17) is 18.9 Å². The van der Waals surface area contributed by atoms with Crippen molar-refractivity contribution < 1.29 is 33.1 Å². The van der Waals surface area contributed by atoms with Gasteiger partial charge in [-0.15, -0.1) is 0 Å². The number of aryl methyl sites for hydroxylation is 1. The molecular weight excluding hydrogens is 600 g/mol. The van der Waals surface area contributed by atoms with E-state index in [0.717, 1.165) is 64.3 Å². The van der Waals surface area contributed by atoms with E-state index in [-0.39, 0.29) is 30.4 Å². The maximum Gasteiger partial charge on any atom is 0.407 e. The van der Waals surface area contributed by atoms with E-state index in [1.54, 1.807) is 11.3 Å². The van der Waals surface area contributed by atoms with Crippen molar-refractivity contribution in [3.63, 3.8) is 0 Å². The molecule has 2 rings (SSSR count). The standard InChI is InChI=1S/C37H66N2O6S/c1-3-4-5-6-7-8-9-10-11-12-13-14-15-17-20-25-38-37(41)45-35-24-22-28-43-36(35)31-42-30-34(44-33(2)40)23-19-16-18-21-26-39-27-29-46-32-39/h27,29,32,34-36H,3-26,28,30-31H2,1-2H3/p+1/t34?,35-,36+/m1/s1. The molecule has 0 saturated carbocycles. The van der Waals surface area contributed by atoms with Crippen LogP contribution in [0.4, 0.5) is 4.79 Å². The van der Waals surface area contributed by atoms with Crippen molar-refractivity contribution in [2.75, 3.05) is 26.4 Å². The first kappa shape index (κ1) is 40.5. The molecule has 1 aliphatic rings. The molecule has 1 aromatic rings. The molecule has 3 atom stereocenters. The number of ether oxygens (including phenoxy) is 4. The first-order valence-electron chi connectivity index (χ1n) is 18.8. The van der Waals surface area contributed by atoms with Crippen molar-refractivity contribution in [2.45, 2.75) is 180 Å². The molecule has 1 aliphatic heterocycles. The minimum absolute atomic E-state index is 0.273. The van der Waals surface area contributed by atoms with Gasteiger partial charge in [0, 0.05) is 26.5 Å². The van der Waals surface area contributed by atoms with Gasteiger partial charge in [-0.05, 0) is 38.5 Å². The van der Waals surface area contributed by atoms with Crippen molar-refractivity contribution in [1.82, 2.24) is 5.32 Å². The summed E-state index contributed by atoms with van der Waals surface area (Å²) in [5.74, 6) is -0.289. The van der Waals surface area contributed by atoms with E-state index in [0.29, 0.717) is 26.4 Å². The number of carbonyl (C=O) groups is 2. The number of aromatic nitrogens is 1. The van der Waals surface area contributed by atoms with Gasteiger partial charge < -0.3 is 24.3 Å². The predicted molar refractivity (Wildman–Crippen MR) is 186 cm³/mol. The fraction of sp³-hybridized carbons (Fsp3) is 0.865. The van der Waals surface area contributed by atoms with E-state index < -0.39 is 0 Å². The largest absolute Gasteiger partial charge is 0.460 e. The van der Waals surface area contributed by atoms with Gasteiger partial charge in [0.15, 0.2) is 6.20 Å². The maximum atomic E-state index is 12.5. The van der Waals surface area contributed by atoms with Gasteiger partial charge in [-0.3, -0.25) is 4.79 Å². The van der Waals surface area contributed by atoms with Crippen LogP contribution in [0.2, 0.25) is 0 Å². The van der Waals surface area contributed by atoms with Crippen molar-refractivity contribution in [1.29, 1.82) is 0 Å². The summed E-state index contributed by atoms with van der Waals surface area (Å²) in [4.78, 5) is 24.1. The topological polar surface area (TPSA) is 87.0 Å². The number of amides is 1. The molecule has 1 fully saturated rings. The molecule has 0 spiro atoms. The summed E-state index contributed by atoms with van der Waals surface area (Å²) >= 11 is 1.71. The first-order valence-corrected chi connectivity index (χ1v) is 19.7. The van der Waals surface area contributed by atoms with E-state index in [2.05, 4.69) is 33.9 Å². The average molecular weight is 668 g/mol. The van der Waals surface area contributed by atoms with Crippen molar-refractivity contribution in [2.24, 2.45) is 0 Å². The minimum Gasteiger partial charge on any atom is -0.460 e. The molecule has 1 aromatic heterocycles. The number of hydrogen-bond donors (Lipinski definition) is 1. The molecule has 0 bridgehead atoms. The molecular formula is C37H67N2O6S+. The fourth-order valence-electron chi connectivity index (χ4n) is 6.10. The van der Waals surface area contributed by atoms with E-state index >= 15 is 0 Å². The fourth-order valence-corrected chi connectivity index (χ4v) is 6.73. The molecule has 2 heterocycles. The summed E-state index contributed by atoms with van der Waals surface area (Å²) in [6.07, 6.45) is 27.5. The zero-order chi connectivity index (χ0) is 32.9. The van der Waals surface area contributed by atoms with E-state index in [1.807, 2.05) is 0 Å². The lowest BCUT2D eigenvalue weighted by Gasteiger charge is -2.31. The second-order valence-electron chi connectivity index (χ2n) is 13.1. The van der Waals surface area contributed by atoms with Crippen LogP contribution in [-0.4, -0.2) is 56.7 Å². The van der Waals surface area contributed by atoms with Gasteiger partial charge in [-0.2, -0.15) is 4.57 Å². The second-order valence-corrected chi connectivity index (χ2v) is 13.9. The number of nitrogens with zero attached hydrogens (tertiary/aromatic N) is 1. The van der Waals surface area contributed by atoms with Crippen LogP contribution in [0.25, 0.3) is 0 Å². The van der Waals surface area contributed by atoms with Crippen molar-refractivity contribution in [3.8, 4) is 0 Å². The monoisotopic (exact) mass is 667 g/mol. The Labute approximate surface area is 284 Å². The van der Waals surface area contributed by atoms with Crippen LogP contribution in [0.1, 0.15) is 155 Å². The number of carbonyl (C=O) groups excluding carboxylic acids is 2. The van der Waals surface area contributed by atoms with E-state index in [1.165, 1.54) is 90.4 Å². The van der Waals surface area contributed by atoms with Gasteiger partial charge >= 0.3 is 12.1 Å².